The molecule has 0 aliphatic carbocycles. The fraction of sp³-hybridized carbons (Fsp3) is 0.167. The molecule has 20 heavy (non-hydrogen) atoms. The first kappa shape index (κ1) is 14.5. The lowest BCUT2D eigenvalue weighted by Gasteiger charge is -2.06. The van der Waals surface area contributed by atoms with Crippen molar-refractivity contribution in [2.45, 2.75) is 11.5 Å². The third-order valence-electron chi connectivity index (χ3n) is 2.53. The van der Waals surface area contributed by atoms with Crippen LogP contribution < -0.4 is 0 Å². The molecule has 0 aliphatic heterocycles. The highest BCUT2D eigenvalue weighted by Gasteiger charge is 2.35. The molecule has 2 aromatic rings. The minimum Gasteiger partial charge on any atom is -0.236 e. The summed E-state index contributed by atoms with van der Waals surface area (Å²) in [4.78, 5) is 0. The van der Waals surface area contributed by atoms with Crippen LogP contribution in [0.2, 0.25) is 0 Å². The van der Waals surface area contributed by atoms with Gasteiger partial charge in [-0.2, -0.15) is 23.5 Å². The third-order valence-corrected chi connectivity index (χ3v) is 3.10. The molecule has 2 rings (SSSR count). The zero-order valence-electron chi connectivity index (χ0n) is 9.75. The molecular formula is C12H6BrF4N3. The van der Waals surface area contributed by atoms with Crippen LogP contribution in [0.5, 0.6) is 0 Å². The van der Waals surface area contributed by atoms with Gasteiger partial charge in [-0.05, 0) is 24.3 Å². The molecule has 0 spiro atoms. The van der Waals surface area contributed by atoms with Crippen LogP contribution in [0.4, 0.5) is 17.6 Å². The molecule has 8 heteroatoms. The van der Waals surface area contributed by atoms with E-state index in [0.29, 0.717) is 0 Å². The predicted octanol–water partition coefficient (Wildman–Crippen LogP) is 3.80. The Morgan fingerprint density at radius 3 is 2.55 bits per heavy atom. The first-order valence-electron chi connectivity index (χ1n) is 5.29. The van der Waals surface area contributed by atoms with Crippen molar-refractivity contribution in [2.75, 3.05) is 0 Å². The summed E-state index contributed by atoms with van der Waals surface area (Å²) in [5, 5.41) is 12.3. The van der Waals surface area contributed by atoms with Gasteiger partial charge in [0, 0.05) is 5.33 Å². The Morgan fingerprint density at radius 1 is 1.30 bits per heavy atom. The average Bonchev–Trinajstić information content (AvgIpc) is 2.83. The second-order valence-corrected chi connectivity index (χ2v) is 4.40. The summed E-state index contributed by atoms with van der Waals surface area (Å²) >= 11 is 3.07. The Labute approximate surface area is 119 Å². The van der Waals surface area contributed by atoms with Gasteiger partial charge in [0.2, 0.25) is 0 Å². The summed E-state index contributed by atoms with van der Waals surface area (Å²) in [5.41, 5.74) is -0.873. The van der Waals surface area contributed by atoms with Gasteiger partial charge in [0.05, 0.1) is 16.9 Å². The molecule has 0 atom stereocenters. The van der Waals surface area contributed by atoms with E-state index in [9.17, 15) is 17.6 Å². The Bertz CT molecular complexity index is 685. The largest absolute Gasteiger partial charge is 0.435 e. The second kappa shape index (κ2) is 5.25. The number of halogens is 5. The molecule has 0 unspecified atom stereocenters. The van der Waals surface area contributed by atoms with E-state index in [1.807, 2.05) is 0 Å². The lowest BCUT2D eigenvalue weighted by Crippen LogP contribution is -2.07. The number of nitrogens with zero attached hydrogens (tertiary/aromatic N) is 3. The number of benzene rings is 1. The van der Waals surface area contributed by atoms with Crippen LogP contribution in [0, 0.1) is 17.1 Å². The predicted molar refractivity (Wildman–Crippen MR) is 65.9 cm³/mol. The zero-order valence-corrected chi connectivity index (χ0v) is 11.3. The molecule has 0 amide bonds. The summed E-state index contributed by atoms with van der Waals surface area (Å²) < 4.78 is 52.2. The van der Waals surface area contributed by atoms with Gasteiger partial charge in [-0.3, -0.25) is 0 Å². The van der Waals surface area contributed by atoms with E-state index >= 15 is 0 Å². The SMILES string of the molecule is N#Cc1cc(-n2nc(C(F)(F)F)cc2CBr)ccc1F. The minimum atomic E-state index is -4.57. The smallest absolute Gasteiger partial charge is 0.236 e. The summed E-state index contributed by atoms with van der Waals surface area (Å²) in [6.45, 7) is 0. The minimum absolute atomic E-state index is 0.134. The van der Waals surface area contributed by atoms with Crippen molar-refractivity contribution in [3.63, 3.8) is 0 Å². The van der Waals surface area contributed by atoms with Gasteiger partial charge in [-0.25, -0.2) is 9.07 Å². The van der Waals surface area contributed by atoms with Crippen molar-refractivity contribution >= 4 is 15.9 Å². The van der Waals surface area contributed by atoms with E-state index in [2.05, 4.69) is 21.0 Å². The fourth-order valence-electron chi connectivity index (χ4n) is 1.61. The van der Waals surface area contributed by atoms with Gasteiger partial charge in [0.25, 0.3) is 0 Å². The molecule has 3 nitrogen and oxygen atoms in total. The van der Waals surface area contributed by atoms with Crippen molar-refractivity contribution < 1.29 is 17.6 Å². The number of hydrogen-bond acceptors (Lipinski definition) is 2. The maximum Gasteiger partial charge on any atom is 0.435 e. The van der Waals surface area contributed by atoms with Crippen LogP contribution in [-0.4, -0.2) is 9.78 Å². The topological polar surface area (TPSA) is 41.6 Å². The van der Waals surface area contributed by atoms with E-state index in [1.165, 1.54) is 6.07 Å². The van der Waals surface area contributed by atoms with Crippen molar-refractivity contribution in [3.05, 3.63) is 47.0 Å². The molecular weight excluding hydrogens is 342 g/mol. The average molecular weight is 348 g/mol. The molecule has 0 aliphatic rings. The first-order valence-corrected chi connectivity index (χ1v) is 6.41. The highest BCUT2D eigenvalue weighted by Crippen LogP contribution is 2.30. The van der Waals surface area contributed by atoms with Gasteiger partial charge < -0.3 is 0 Å². The Morgan fingerprint density at radius 2 is 2.00 bits per heavy atom. The summed E-state index contributed by atoms with van der Waals surface area (Å²) in [6, 6.07) is 5.94. The van der Waals surface area contributed by atoms with Crippen LogP contribution >= 0.6 is 15.9 Å². The molecule has 0 saturated heterocycles. The van der Waals surface area contributed by atoms with Crippen molar-refractivity contribution in [1.82, 2.24) is 9.78 Å². The van der Waals surface area contributed by atoms with Crippen molar-refractivity contribution in [1.29, 1.82) is 5.26 Å². The lowest BCUT2D eigenvalue weighted by molar-refractivity contribution is -0.141. The van der Waals surface area contributed by atoms with Gasteiger partial charge in [-0.1, -0.05) is 15.9 Å². The summed E-state index contributed by atoms with van der Waals surface area (Å²) in [6.07, 6.45) is -4.57. The molecule has 0 radical (unpaired) electrons. The van der Waals surface area contributed by atoms with Gasteiger partial charge >= 0.3 is 6.18 Å². The first-order chi connectivity index (χ1) is 9.36. The molecule has 1 aromatic carbocycles. The quantitative estimate of drug-likeness (QED) is 0.612. The maximum absolute atomic E-state index is 13.2. The van der Waals surface area contributed by atoms with E-state index in [-0.39, 0.29) is 22.3 Å². The number of nitriles is 1. The van der Waals surface area contributed by atoms with Crippen LogP contribution in [0.1, 0.15) is 17.0 Å². The molecule has 1 heterocycles. The molecule has 1 aromatic heterocycles. The van der Waals surface area contributed by atoms with Crippen LogP contribution in [0.15, 0.2) is 24.3 Å². The van der Waals surface area contributed by atoms with E-state index in [0.717, 1.165) is 22.9 Å². The Hall–Kier alpha value is -1.88. The normalized spacial score (nSPS) is 11.4. The van der Waals surface area contributed by atoms with E-state index in [4.69, 9.17) is 5.26 Å². The van der Waals surface area contributed by atoms with Crippen molar-refractivity contribution in [2.24, 2.45) is 0 Å². The highest BCUT2D eigenvalue weighted by atomic mass is 79.9. The number of alkyl halides is 4. The Kier molecular flexibility index (Phi) is 3.81. The molecule has 104 valence electrons. The second-order valence-electron chi connectivity index (χ2n) is 3.84. The highest BCUT2D eigenvalue weighted by molar-refractivity contribution is 9.08. The van der Waals surface area contributed by atoms with Crippen molar-refractivity contribution in [3.8, 4) is 11.8 Å². The standard InChI is InChI=1S/C12H6BrF4N3/c13-5-9-4-11(12(15,16)17)19-20(9)8-1-2-10(14)7(3-8)6-18/h1-4H,5H2. The Balaban J connectivity index is 2.58. The van der Waals surface area contributed by atoms with Crippen LogP contribution in [0.25, 0.3) is 5.69 Å². The molecule has 0 saturated carbocycles. The molecule has 0 fully saturated rings. The zero-order chi connectivity index (χ0) is 14.9. The number of hydrogen-bond donors (Lipinski definition) is 0. The number of rotatable bonds is 2. The van der Waals surface area contributed by atoms with Crippen LogP contribution in [0.3, 0.4) is 0 Å². The monoisotopic (exact) mass is 347 g/mol. The number of aromatic nitrogens is 2. The maximum atomic E-state index is 13.2. The van der Waals surface area contributed by atoms with Gasteiger partial charge in [0.1, 0.15) is 11.9 Å². The fourth-order valence-corrected chi connectivity index (χ4v) is 2.01. The van der Waals surface area contributed by atoms with Gasteiger partial charge in [-0.15, -0.1) is 0 Å². The molecule has 0 bridgehead atoms. The summed E-state index contributed by atoms with van der Waals surface area (Å²) in [5.74, 6) is -0.736. The third kappa shape index (κ3) is 2.67. The summed E-state index contributed by atoms with van der Waals surface area (Å²) in [7, 11) is 0. The van der Waals surface area contributed by atoms with E-state index in [1.54, 1.807) is 6.07 Å². The molecule has 0 N–H and O–H groups in total. The lowest BCUT2D eigenvalue weighted by atomic mass is 10.2. The van der Waals surface area contributed by atoms with E-state index < -0.39 is 17.7 Å². The van der Waals surface area contributed by atoms with Gasteiger partial charge in [0.15, 0.2) is 5.69 Å². The van der Waals surface area contributed by atoms with Crippen LogP contribution in [-0.2, 0) is 11.5 Å².